The van der Waals surface area contributed by atoms with Gasteiger partial charge in [-0.2, -0.15) is 0 Å². The number of carbonyl (C=O) groups excluding carboxylic acids is 2. The van der Waals surface area contributed by atoms with E-state index in [0.29, 0.717) is 42.6 Å². The molecule has 2 aliphatic rings. The van der Waals surface area contributed by atoms with Gasteiger partial charge in [0.15, 0.2) is 0 Å². The molecule has 0 spiro atoms. The maximum Gasteiger partial charge on any atom is 0.307 e. The van der Waals surface area contributed by atoms with Crippen LogP contribution < -0.4 is 14.8 Å². The van der Waals surface area contributed by atoms with Gasteiger partial charge in [-0.25, -0.2) is 0 Å². The minimum Gasteiger partial charge on any atom is -0.490 e. The molecule has 298 valence electrons. The van der Waals surface area contributed by atoms with Crippen LogP contribution in [0.3, 0.4) is 0 Å². The molecule has 0 radical (unpaired) electrons. The largest absolute Gasteiger partial charge is 0.490 e. The predicted molar refractivity (Wildman–Crippen MR) is 243 cm³/mol. The second-order valence-electron chi connectivity index (χ2n) is 17.6. The number of halogens is 2. The molecule has 0 saturated heterocycles. The molecular formula is C47H61I2NO5. The molecular weight excluding hydrogens is 912 g/mol. The summed E-state index contributed by atoms with van der Waals surface area (Å²) < 4.78 is 20.0. The van der Waals surface area contributed by atoms with E-state index in [2.05, 4.69) is 135 Å². The van der Waals surface area contributed by atoms with Gasteiger partial charge in [0.2, 0.25) is 0 Å². The van der Waals surface area contributed by atoms with E-state index in [4.69, 9.17) is 14.2 Å². The van der Waals surface area contributed by atoms with Crippen LogP contribution in [0.15, 0.2) is 60.7 Å². The van der Waals surface area contributed by atoms with Crippen LogP contribution in [0.2, 0.25) is 0 Å². The first-order valence-corrected chi connectivity index (χ1v) is 22.4. The van der Waals surface area contributed by atoms with Crippen molar-refractivity contribution >= 4 is 79.0 Å². The van der Waals surface area contributed by atoms with Gasteiger partial charge in [0, 0.05) is 25.8 Å². The van der Waals surface area contributed by atoms with Crippen molar-refractivity contribution in [3.8, 4) is 11.5 Å². The summed E-state index contributed by atoms with van der Waals surface area (Å²) in [4.78, 5) is 22.4. The third kappa shape index (κ3) is 12.8. The van der Waals surface area contributed by atoms with Gasteiger partial charge < -0.3 is 19.5 Å². The SMILES string of the molecule is CC(C)(C)C1CCC(Oc2cc(I)c3cc(C=O)ccc3c2)CC1.CCOC(=O)CCNCc1ccc2cc(OC3CCC(C(C)(C)C)CC3)cc(I)c2c1. The van der Waals surface area contributed by atoms with Gasteiger partial charge >= 0.3 is 5.97 Å². The molecule has 2 saturated carbocycles. The Kier molecular flexibility index (Phi) is 15.7. The van der Waals surface area contributed by atoms with Crippen molar-refractivity contribution in [2.45, 2.75) is 125 Å². The monoisotopic (exact) mass is 973 g/mol. The van der Waals surface area contributed by atoms with Crippen LogP contribution in [-0.2, 0) is 16.1 Å². The van der Waals surface area contributed by atoms with Crippen LogP contribution in [0, 0.1) is 29.8 Å². The first-order valence-electron chi connectivity index (χ1n) is 20.2. The van der Waals surface area contributed by atoms with Crippen LogP contribution >= 0.6 is 45.2 Å². The average molecular weight is 974 g/mol. The Morgan fingerprint density at radius 3 is 1.67 bits per heavy atom. The number of ether oxygens (including phenoxy) is 3. The molecule has 0 amide bonds. The molecule has 1 N–H and O–H groups in total. The fourth-order valence-electron chi connectivity index (χ4n) is 8.09. The van der Waals surface area contributed by atoms with Gasteiger partial charge in [0.05, 0.1) is 25.2 Å². The fourth-order valence-corrected chi connectivity index (χ4v) is 9.64. The van der Waals surface area contributed by atoms with E-state index in [1.807, 2.05) is 25.1 Å². The normalized spacial score (nSPS) is 20.4. The molecule has 0 heterocycles. The number of benzene rings is 4. The molecule has 0 atom stereocenters. The van der Waals surface area contributed by atoms with Crippen LogP contribution in [0.5, 0.6) is 11.5 Å². The van der Waals surface area contributed by atoms with Crippen molar-refractivity contribution in [3.05, 3.63) is 78.9 Å². The summed E-state index contributed by atoms with van der Waals surface area (Å²) >= 11 is 4.74. The Hall–Kier alpha value is -2.44. The van der Waals surface area contributed by atoms with Gasteiger partial charge in [-0.1, -0.05) is 65.8 Å². The molecule has 4 aromatic rings. The highest BCUT2D eigenvalue weighted by Gasteiger charge is 2.31. The molecule has 8 heteroatoms. The number of rotatable bonds is 11. The number of esters is 1. The van der Waals surface area contributed by atoms with Crippen LogP contribution in [0.4, 0.5) is 0 Å². The first kappa shape index (κ1) is 43.7. The maximum atomic E-state index is 11.4. The molecule has 0 unspecified atom stereocenters. The van der Waals surface area contributed by atoms with Crippen molar-refractivity contribution in [1.29, 1.82) is 0 Å². The van der Waals surface area contributed by atoms with E-state index in [-0.39, 0.29) is 5.97 Å². The maximum absolute atomic E-state index is 11.4. The van der Waals surface area contributed by atoms with Gasteiger partial charge in [0.25, 0.3) is 0 Å². The highest BCUT2D eigenvalue weighted by atomic mass is 127. The van der Waals surface area contributed by atoms with E-state index in [0.717, 1.165) is 81.8 Å². The lowest BCUT2D eigenvalue weighted by Crippen LogP contribution is -2.30. The van der Waals surface area contributed by atoms with Crippen molar-refractivity contribution in [1.82, 2.24) is 5.32 Å². The van der Waals surface area contributed by atoms with Gasteiger partial charge in [0.1, 0.15) is 17.8 Å². The van der Waals surface area contributed by atoms with Gasteiger partial charge in [-0.15, -0.1) is 0 Å². The minimum absolute atomic E-state index is 0.150. The standard InChI is InChI=1S/C26H36INO3.C21H25IO2/c1-5-30-25(29)12-13-28-17-18-6-7-19-15-22(16-24(27)23(19)14-18)31-21-10-8-20(9-11-21)26(2,3)4;1-21(2,3)16-6-8-17(9-7-16)24-18-11-15-5-4-14(13-23)10-19(15)20(22)12-18/h6-7,14-16,20-21,28H,5,8-13,17H2,1-4H3;4-5,10-13,16-17H,6-9H2,1-3H3. The smallest absolute Gasteiger partial charge is 0.307 e. The lowest BCUT2D eigenvalue weighted by atomic mass is 9.72. The third-order valence-corrected chi connectivity index (χ3v) is 13.3. The van der Waals surface area contributed by atoms with Crippen LogP contribution in [0.25, 0.3) is 21.5 Å². The Balaban J connectivity index is 0.000000218. The van der Waals surface area contributed by atoms with E-state index in [1.165, 1.54) is 45.6 Å². The lowest BCUT2D eigenvalue weighted by Gasteiger charge is -2.37. The van der Waals surface area contributed by atoms with Crippen molar-refractivity contribution < 1.29 is 23.8 Å². The van der Waals surface area contributed by atoms with Crippen molar-refractivity contribution in [2.24, 2.45) is 22.7 Å². The topological polar surface area (TPSA) is 73.9 Å². The highest BCUT2D eigenvalue weighted by molar-refractivity contribution is 14.1. The quantitative estimate of drug-likeness (QED) is 0.0699. The molecule has 4 aromatic carbocycles. The fraction of sp³-hybridized carbons (Fsp3) is 0.532. The summed E-state index contributed by atoms with van der Waals surface area (Å²) in [5.74, 6) is 3.38. The highest BCUT2D eigenvalue weighted by Crippen LogP contribution is 2.41. The summed E-state index contributed by atoms with van der Waals surface area (Å²) in [5.41, 5.74) is 2.73. The molecule has 2 aliphatic carbocycles. The number of aldehydes is 1. The number of nitrogens with one attached hydrogen (secondary N) is 1. The minimum atomic E-state index is -0.150. The third-order valence-electron chi connectivity index (χ3n) is 11.5. The Bertz CT molecular complexity index is 1900. The second-order valence-corrected chi connectivity index (χ2v) is 19.9. The number of hydrogen-bond acceptors (Lipinski definition) is 6. The first-order chi connectivity index (χ1) is 26.1. The molecule has 0 bridgehead atoms. The Morgan fingerprint density at radius 1 is 0.709 bits per heavy atom. The van der Waals surface area contributed by atoms with E-state index >= 15 is 0 Å². The van der Waals surface area contributed by atoms with Crippen LogP contribution in [0.1, 0.15) is 122 Å². The zero-order chi connectivity index (χ0) is 39.8. The zero-order valence-electron chi connectivity index (χ0n) is 33.9. The summed E-state index contributed by atoms with van der Waals surface area (Å²) in [6.07, 6.45) is 11.5. The molecule has 0 aliphatic heterocycles. The Labute approximate surface area is 356 Å². The molecule has 55 heavy (non-hydrogen) atoms. The molecule has 2 fully saturated rings. The predicted octanol–water partition coefficient (Wildman–Crippen LogP) is 12.7. The van der Waals surface area contributed by atoms with E-state index in [1.54, 1.807) is 0 Å². The number of carbonyl (C=O) groups is 2. The molecule has 6 rings (SSSR count). The average Bonchev–Trinajstić information content (AvgIpc) is 3.13. The lowest BCUT2D eigenvalue weighted by molar-refractivity contribution is -0.142. The van der Waals surface area contributed by atoms with Crippen molar-refractivity contribution in [2.75, 3.05) is 13.2 Å². The Morgan fingerprint density at radius 2 is 1.20 bits per heavy atom. The second kappa shape index (κ2) is 19.8. The number of fused-ring (bicyclic) bond motifs is 2. The van der Waals surface area contributed by atoms with Gasteiger partial charge in [-0.05, 0) is 190 Å². The summed E-state index contributed by atoms with van der Waals surface area (Å²) in [6.45, 7) is 17.7. The van der Waals surface area contributed by atoms with Crippen molar-refractivity contribution in [3.63, 3.8) is 0 Å². The van der Waals surface area contributed by atoms with Crippen LogP contribution in [-0.4, -0.2) is 37.6 Å². The summed E-state index contributed by atoms with van der Waals surface area (Å²) in [7, 11) is 0. The van der Waals surface area contributed by atoms with E-state index in [9.17, 15) is 9.59 Å². The molecule has 0 aromatic heterocycles. The summed E-state index contributed by atoms with van der Waals surface area (Å²) in [5, 5.41) is 8.03. The van der Waals surface area contributed by atoms with Gasteiger partial charge in [-0.3, -0.25) is 9.59 Å². The number of hydrogen-bond donors (Lipinski definition) is 1. The molecule has 6 nitrogen and oxygen atoms in total. The van der Waals surface area contributed by atoms with E-state index < -0.39 is 0 Å². The summed E-state index contributed by atoms with van der Waals surface area (Å²) in [6, 6.07) is 20.9. The zero-order valence-corrected chi connectivity index (χ0v) is 38.3.